The minimum Gasteiger partial charge on any atom is -0.111 e. The van der Waals surface area contributed by atoms with E-state index in [9.17, 15) is 0 Å². The van der Waals surface area contributed by atoms with Crippen LogP contribution in [0.2, 0.25) is 0 Å². The predicted octanol–water partition coefficient (Wildman–Crippen LogP) is 5.34. The average molecular weight is 246 g/mol. The van der Waals surface area contributed by atoms with Crippen molar-refractivity contribution in [3.8, 4) is 0 Å². The first kappa shape index (κ1) is 13.8. The van der Waals surface area contributed by atoms with Crippen LogP contribution in [0.25, 0.3) is 0 Å². The van der Waals surface area contributed by atoms with Crippen LogP contribution in [0.15, 0.2) is 0 Å². The van der Waals surface area contributed by atoms with Crippen molar-refractivity contribution in [2.75, 3.05) is 5.75 Å². The fourth-order valence-electron chi connectivity index (χ4n) is 2.34. The van der Waals surface area contributed by atoms with Crippen LogP contribution in [0.1, 0.15) is 64.7 Å². The van der Waals surface area contributed by atoms with E-state index < -0.39 is 0 Å². The third kappa shape index (κ3) is 6.78. The van der Waals surface area contributed by atoms with E-state index in [1.807, 2.05) is 0 Å². The van der Waals surface area contributed by atoms with Gasteiger partial charge < -0.3 is 0 Å². The molecular formula is C13H26S2. The Bertz CT molecular complexity index is 143. The van der Waals surface area contributed by atoms with Gasteiger partial charge in [0, 0.05) is 5.75 Å². The zero-order valence-corrected chi connectivity index (χ0v) is 11.8. The van der Waals surface area contributed by atoms with E-state index in [2.05, 4.69) is 18.6 Å². The van der Waals surface area contributed by atoms with Gasteiger partial charge in [-0.3, -0.25) is 0 Å². The lowest BCUT2D eigenvalue weighted by Gasteiger charge is -2.25. The summed E-state index contributed by atoms with van der Waals surface area (Å²) >= 11 is 4.16. The van der Waals surface area contributed by atoms with Gasteiger partial charge in [-0.2, -0.15) is 0 Å². The quantitative estimate of drug-likeness (QED) is 0.325. The molecule has 1 fully saturated rings. The van der Waals surface area contributed by atoms with Crippen molar-refractivity contribution < 1.29 is 0 Å². The van der Waals surface area contributed by atoms with Crippen molar-refractivity contribution in [1.29, 1.82) is 0 Å². The van der Waals surface area contributed by atoms with Gasteiger partial charge in [0.05, 0.1) is 0 Å². The van der Waals surface area contributed by atoms with E-state index in [4.69, 9.17) is 0 Å². The zero-order valence-electron chi connectivity index (χ0n) is 10.1. The summed E-state index contributed by atoms with van der Waals surface area (Å²) in [5.41, 5.74) is 0. The van der Waals surface area contributed by atoms with Gasteiger partial charge in [0.1, 0.15) is 0 Å². The highest BCUT2D eigenvalue weighted by Crippen LogP contribution is 2.31. The van der Waals surface area contributed by atoms with Crippen LogP contribution >= 0.6 is 22.5 Å². The first-order valence-electron chi connectivity index (χ1n) is 6.59. The molecule has 0 radical (unpaired) electrons. The van der Waals surface area contributed by atoms with Crippen molar-refractivity contribution in [2.45, 2.75) is 64.7 Å². The third-order valence-corrected chi connectivity index (χ3v) is 4.74. The molecule has 1 unspecified atom stereocenters. The molecule has 1 saturated carbocycles. The molecule has 1 atom stereocenters. The average Bonchev–Trinajstić information content (AvgIpc) is 2.17. The molecule has 15 heavy (non-hydrogen) atoms. The Morgan fingerprint density at radius 2 is 1.93 bits per heavy atom. The Morgan fingerprint density at radius 1 is 1.20 bits per heavy atom. The maximum absolute atomic E-state index is 4.16. The molecule has 2 heteroatoms. The Hall–Kier alpha value is 0.700. The Kier molecular flexibility index (Phi) is 8.08. The van der Waals surface area contributed by atoms with E-state index in [0.717, 1.165) is 11.8 Å². The second kappa shape index (κ2) is 8.81. The van der Waals surface area contributed by atoms with Crippen LogP contribution in [0, 0.1) is 11.8 Å². The lowest BCUT2D eigenvalue weighted by Crippen LogP contribution is -2.10. The highest BCUT2D eigenvalue weighted by atomic mass is 33.1. The molecule has 0 heterocycles. The normalized spacial score (nSPS) is 18.8. The molecule has 0 aromatic carbocycles. The summed E-state index contributed by atoms with van der Waals surface area (Å²) in [5, 5.41) is 0. The van der Waals surface area contributed by atoms with E-state index in [1.54, 1.807) is 10.8 Å². The molecule has 1 aliphatic rings. The smallest absolute Gasteiger partial charge is 0.00345 e. The first-order chi connectivity index (χ1) is 7.33. The van der Waals surface area contributed by atoms with E-state index in [0.29, 0.717) is 0 Å². The Labute approximate surface area is 105 Å². The summed E-state index contributed by atoms with van der Waals surface area (Å²) in [6.45, 7) is 2.43. The van der Waals surface area contributed by atoms with E-state index in [-0.39, 0.29) is 0 Å². The largest absolute Gasteiger partial charge is 0.111 e. The Balaban J connectivity index is 1.82. The minimum atomic E-state index is 0.954. The molecule has 0 bridgehead atoms. The standard InChI is InChI=1S/C13H26S2/c1-12(6-2-3-11-15-14)7-4-8-13-9-5-10-13/h12-14H,2-11H2,1H3. The predicted molar refractivity (Wildman–Crippen MR) is 75.7 cm³/mol. The molecule has 0 aliphatic heterocycles. The molecule has 1 rings (SSSR count). The molecule has 90 valence electrons. The maximum Gasteiger partial charge on any atom is 0.00345 e. The Morgan fingerprint density at radius 3 is 2.53 bits per heavy atom. The molecule has 0 spiro atoms. The number of unbranched alkanes of at least 4 members (excludes halogenated alkanes) is 1. The highest BCUT2D eigenvalue weighted by Gasteiger charge is 2.16. The van der Waals surface area contributed by atoms with Crippen molar-refractivity contribution in [1.82, 2.24) is 0 Å². The van der Waals surface area contributed by atoms with Gasteiger partial charge in [-0.25, -0.2) is 0 Å². The van der Waals surface area contributed by atoms with Crippen LogP contribution in [0.4, 0.5) is 0 Å². The molecule has 0 saturated heterocycles. The molecule has 1 aliphatic carbocycles. The van der Waals surface area contributed by atoms with Crippen molar-refractivity contribution in [3.63, 3.8) is 0 Å². The molecule has 0 nitrogen and oxygen atoms in total. The van der Waals surface area contributed by atoms with Gasteiger partial charge in [-0.1, -0.05) is 69.1 Å². The van der Waals surface area contributed by atoms with Gasteiger partial charge in [0.2, 0.25) is 0 Å². The van der Waals surface area contributed by atoms with Gasteiger partial charge in [0.25, 0.3) is 0 Å². The number of rotatable bonds is 9. The molecule has 0 N–H and O–H groups in total. The second-order valence-electron chi connectivity index (χ2n) is 5.16. The molecule has 0 amide bonds. The van der Waals surface area contributed by atoms with Crippen LogP contribution in [0.3, 0.4) is 0 Å². The third-order valence-electron chi connectivity index (χ3n) is 3.72. The summed E-state index contributed by atoms with van der Waals surface area (Å²) < 4.78 is 0. The monoisotopic (exact) mass is 246 g/mol. The van der Waals surface area contributed by atoms with Crippen LogP contribution in [-0.2, 0) is 0 Å². The lowest BCUT2D eigenvalue weighted by molar-refractivity contribution is 0.279. The topological polar surface area (TPSA) is 0 Å². The van der Waals surface area contributed by atoms with Crippen molar-refractivity contribution in [2.24, 2.45) is 11.8 Å². The number of hydrogen-bond donors (Lipinski definition) is 1. The first-order valence-corrected chi connectivity index (χ1v) is 8.63. The summed E-state index contributed by atoms with van der Waals surface area (Å²) in [6.07, 6.45) is 13.2. The fraction of sp³-hybridized carbons (Fsp3) is 1.00. The van der Waals surface area contributed by atoms with E-state index in [1.165, 1.54) is 63.5 Å². The lowest BCUT2D eigenvalue weighted by atomic mass is 9.81. The van der Waals surface area contributed by atoms with Crippen LogP contribution in [-0.4, -0.2) is 5.75 Å². The van der Waals surface area contributed by atoms with E-state index >= 15 is 0 Å². The number of thiol groups is 1. The SMILES string of the molecule is CC(CCCCSS)CCCC1CCC1. The summed E-state index contributed by atoms with van der Waals surface area (Å²) in [7, 11) is 1.68. The van der Waals surface area contributed by atoms with Crippen LogP contribution < -0.4 is 0 Å². The summed E-state index contributed by atoms with van der Waals surface area (Å²) in [6, 6.07) is 0. The van der Waals surface area contributed by atoms with Gasteiger partial charge in [0.15, 0.2) is 0 Å². The summed E-state index contributed by atoms with van der Waals surface area (Å²) in [5.74, 6) is 3.28. The molecule has 0 aromatic rings. The van der Waals surface area contributed by atoms with Gasteiger partial charge in [-0.05, 0) is 18.3 Å². The maximum atomic E-state index is 4.16. The zero-order chi connectivity index (χ0) is 10.9. The number of hydrogen-bond acceptors (Lipinski definition) is 2. The minimum absolute atomic E-state index is 0.954. The van der Waals surface area contributed by atoms with Gasteiger partial charge in [-0.15, -0.1) is 11.7 Å². The molecule has 0 aromatic heterocycles. The summed E-state index contributed by atoms with van der Waals surface area (Å²) in [4.78, 5) is 0. The fourth-order valence-corrected chi connectivity index (χ4v) is 3.06. The van der Waals surface area contributed by atoms with Gasteiger partial charge >= 0.3 is 0 Å². The second-order valence-corrected chi connectivity index (χ2v) is 6.60. The van der Waals surface area contributed by atoms with Crippen molar-refractivity contribution in [3.05, 3.63) is 0 Å². The van der Waals surface area contributed by atoms with Crippen LogP contribution in [0.5, 0.6) is 0 Å². The highest BCUT2D eigenvalue weighted by molar-refractivity contribution is 8.68. The molecular weight excluding hydrogens is 220 g/mol. The van der Waals surface area contributed by atoms with Crippen molar-refractivity contribution >= 4 is 22.5 Å².